The van der Waals surface area contributed by atoms with E-state index in [2.05, 4.69) is 15.3 Å². The van der Waals surface area contributed by atoms with Gasteiger partial charge in [0.05, 0.1) is 24.4 Å². The van der Waals surface area contributed by atoms with Crippen LogP contribution in [0, 0.1) is 0 Å². The summed E-state index contributed by atoms with van der Waals surface area (Å²) in [5.74, 6) is -0.495. The molecule has 1 aromatic carbocycles. The SMILES string of the molecule is O=C(Nc1ccc(Cl)c(S(=O)(=O)N2CCOCC2)c1)c1cnccn1. The monoisotopic (exact) mass is 382 g/mol. The number of sulfonamides is 1. The number of carbonyl (C=O) groups is 1. The second-order valence-corrected chi connectivity index (χ2v) is 7.52. The molecule has 0 bridgehead atoms. The number of carbonyl (C=O) groups excluding carboxylic acids is 1. The topological polar surface area (TPSA) is 101 Å². The van der Waals surface area contributed by atoms with Crippen LogP contribution in [-0.2, 0) is 14.8 Å². The molecule has 0 saturated carbocycles. The van der Waals surface area contributed by atoms with E-state index in [1.807, 2.05) is 0 Å². The van der Waals surface area contributed by atoms with Crippen molar-refractivity contribution in [2.45, 2.75) is 4.90 Å². The number of hydrogen-bond donors (Lipinski definition) is 1. The molecule has 8 nitrogen and oxygen atoms in total. The number of morpholine rings is 1. The molecule has 0 spiro atoms. The quantitative estimate of drug-likeness (QED) is 0.857. The summed E-state index contributed by atoms with van der Waals surface area (Å²) in [6, 6.07) is 4.29. The number of halogens is 1. The van der Waals surface area contributed by atoms with Gasteiger partial charge in [0.25, 0.3) is 5.91 Å². The number of hydrogen-bond acceptors (Lipinski definition) is 6. The smallest absolute Gasteiger partial charge is 0.275 e. The molecule has 1 aromatic heterocycles. The summed E-state index contributed by atoms with van der Waals surface area (Å²) in [5, 5.41) is 2.68. The number of anilines is 1. The van der Waals surface area contributed by atoms with Gasteiger partial charge in [0, 0.05) is 31.2 Å². The van der Waals surface area contributed by atoms with Gasteiger partial charge in [-0.1, -0.05) is 11.6 Å². The fraction of sp³-hybridized carbons (Fsp3) is 0.267. The van der Waals surface area contributed by atoms with Gasteiger partial charge in [-0.15, -0.1) is 0 Å². The van der Waals surface area contributed by atoms with Crippen molar-refractivity contribution in [1.29, 1.82) is 0 Å². The molecular weight excluding hydrogens is 368 g/mol. The Hall–Kier alpha value is -2.07. The molecule has 10 heteroatoms. The van der Waals surface area contributed by atoms with Crippen LogP contribution in [0.3, 0.4) is 0 Å². The summed E-state index contributed by atoms with van der Waals surface area (Å²) < 4.78 is 32.0. The normalized spacial score (nSPS) is 15.7. The van der Waals surface area contributed by atoms with Crippen molar-refractivity contribution in [3.63, 3.8) is 0 Å². The van der Waals surface area contributed by atoms with Crippen LogP contribution in [0.5, 0.6) is 0 Å². The molecule has 1 aliphatic rings. The zero-order valence-corrected chi connectivity index (χ0v) is 14.6. The third-order valence-corrected chi connectivity index (χ3v) is 5.95. The van der Waals surface area contributed by atoms with Gasteiger partial charge >= 0.3 is 0 Å². The minimum Gasteiger partial charge on any atom is -0.379 e. The highest BCUT2D eigenvalue weighted by Crippen LogP contribution is 2.28. The van der Waals surface area contributed by atoms with Crippen LogP contribution in [0.15, 0.2) is 41.7 Å². The van der Waals surface area contributed by atoms with Crippen LogP contribution < -0.4 is 5.32 Å². The standard InChI is InChI=1S/C15H15ClN4O4S/c16-12-2-1-11(19-15(21)13-10-17-3-4-18-13)9-14(12)25(22,23)20-5-7-24-8-6-20/h1-4,9-10H,5-8H2,(H,19,21). The third kappa shape index (κ3) is 3.96. The molecule has 1 fully saturated rings. The van der Waals surface area contributed by atoms with E-state index >= 15 is 0 Å². The first kappa shape index (κ1) is 17.7. The number of aromatic nitrogens is 2. The van der Waals surface area contributed by atoms with Gasteiger partial charge in [0.1, 0.15) is 10.6 Å². The highest BCUT2D eigenvalue weighted by atomic mass is 35.5. The maximum atomic E-state index is 12.8. The highest BCUT2D eigenvalue weighted by molar-refractivity contribution is 7.89. The van der Waals surface area contributed by atoms with Crippen LogP contribution in [0.25, 0.3) is 0 Å². The Morgan fingerprint density at radius 3 is 2.68 bits per heavy atom. The van der Waals surface area contributed by atoms with Crippen molar-refractivity contribution >= 4 is 33.2 Å². The van der Waals surface area contributed by atoms with E-state index < -0.39 is 15.9 Å². The summed E-state index contributed by atoms with van der Waals surface area (Å²) >= 11 is 6.08. The predicted molar refractivity (Wildman–Crippen MR) is 91.0 cm³/mol. The van der Waals surface area contributed by atoms with Gasteiger partial charge in [-0.05, 0) is 18.2 Å². The van der Waals surface area contributed by atoms with Gasteiger partial charge < -0.3 is 10.1 Å². The highest BCUT2D eigenvalue weighted by Gasteiger charge is 2.28. The first-order valence-electron chi connectivity index (χ1n) is 7.43. The molecule has 0 unspecified atom stereocenters. The zero-order valence-electron chi connectivity index (χ0n) is 13.1. The summed E-state index contributed by atoms with van der Waals surface area (Å²) in [5.41, 5.74) is 0.418. The number of amides is 1. The van der Waals surface area contributed by atoms with Crippen LogP contribution in [0.1, 0.15) is 10.5 Å². The summed E-state index contributed by atoms with van der Waals surface area (Å²) in [4.78, 5) is 19.8. The summed E-state index contributed by atoms with van der Waals surface area (Å²) in [6.07, 6.45) is 4.16. The molecule has 1 aliphatic heterocycles. The summed E-state index contributed by atoms with van der Waals surface area (Å²) in [7, 11) is -3.77. The van der Waals surface area contributed by atoms with Crippen LogP contribution in [0.2, 0.25) is 5.02 Å². The van der Waals surface area contributed by atoms with Crippen LogP contribution in [0.4, 0.5) is 5.69 Å². The number of rotatable bonds is 4. The van der Waals surface area contributed by atoms with E-state index in [1.54, 1.807) is 0 Å². The Morgan fingerprint density at radius 1 is 1.24 bits per heavy atom. The Morgan fingerprint density at radius 2 is 2.00 bits per heavy atom. The average Bonchev–Trinajstić information content (AvgIpc) is 2.64. The maximum Gasteiger partial charge on any atom is 0.275 e. The van der Waals surface area contributed by atoms with E-state index in [4.69, 9.17) is 16.3 Å². The Balaban J connectivity index is 1.86. The maximum absolute atomic E-state index is 12.8. The molecule has 25 heavy (non-hydrogen) atoms. The van der Waals surface area contributed by atoms with Crippen molar-refractivity contribution < 1.29 is 17.9 Å². The molecule has 1 amide bonds. The Kier molecular flexibility index (Phi) is 5.28. The van der Waals surface area contributed by atoms with Gasteiger partial charge in [0.15, 0.2) is 0 Å². The van der Waals surface area contributed by atoms with Crippen molar-refractivity contribution in [3.05, 3.63) is 47.5 Å². The second-order valence-electron chi connectivity index (χ2n) is 5.21. The lowest BCUT2D eigenvalue weighted by atomic mass is 10.3. The zero-order chi connectivity index (χ0) is 17.9. The number of benzene rings is 1. The van der Waals surface area contributed by atoms with Crippen molar-refractivity contribution in [2.75, 3.05) is 31.6 Å². The van der Waals surface area contributed by atoms with Crippen molar-refractivity contribution in [2.24, 2.45) is 0 Å². The molecule has 1 saturated heterocycles. The van der Waals surface area contributed by atoms with Crippen LogP contribution >= 0.6 is 11.6 Å². The molecule has 0 atom stereocenters. The number of ether oxygens (including phenoxy) is 1. The third-order valence-electron chi connectivity index (χ3n) is 3.57. The van der Waals surface area contributed by atoms with Crippen LogP contribution in [-0.4, -0.2) is 54.9 Å². The number of nitrogens with one attached hydrogen (secondary N) is 1. The van der Waals surface area contributed by atoms with E-state index in [0.29, 0.717) is 18.9 Å². The number of nitrogens with zero attached hydrogens (tertiary/aromatic N) is 3. The molecule has 1 N–H and O–H groups in total. The van der Waals surface area contributed by atoms with Gasteiger partial charge in [-0.2, -0.15) is 4.31 Å². The van der Waals surface area contributed by atoms with E-state index in [-0.39, 0.29) is 28.7 Å². The van der Waals surface area contributed by atoms with Gasteiger partial charge in [0.2, 0.25) is 10.0 Å². The molecule has 132 valence electrons. The minimum atomic E-state index is -3.77. The lowest BCUT2D eigenvalue weighted by molar-refractivity contribution is 0.0730. The molecular formula is C15H15ClN4O4S. The average molecular weight is 383 g/mol. The first-order chi connectivity index (χ1) is 12.0. The fourth-order valence-corrected chi connectivity index (χ4v) is 4.22. The predicted octanol–water partition coefficient (Wildman–Crippen LogP) is 1.40. The summed E-state index contributed by atoms with van der Waals surface area (Å²) in [6.45, 7) is 1.18. The fourth-order valence-electron chi connectivity index (χ4n) is 2.32. The Labute approximate surface area is 149 Å². The molecule has 2 aromatic rings. The van der Waals surface area contributed by atoms with E-state index in [1.165, 1.54) is 41.1 Å². The lowest BCUT2D eigenvalue weighted by Gasteiger charge is -2.26. The molecule has 0 aliphatic carbocycles. The van der Waals surface area contributed by atoms with Gasteiger partial charge in [-0.25, -0.2) is 13.4 Å². The minimum absolute atomic E-state index is 0.0620. The lowest BCUT2D eigenvalue weighted by Crippen LogP contribution is -2.40. The van der Waals surface area contributed by atoms with Gasteiger partial charge in [-0.3, -0.25) is 9.78 Å². The van der Waals surface area contributed by atoms with Crippen molar-refractivity contribution in [1.82, 2.24) is 14.3 Å². The second kappa shape index (κ2) is 7.44. The first-order valence-corrected chi connectivity index (χ1v) is 9.25. The Bertz CT molecular complexity index is 870. The molecule has 2 heterocycles. The van der Waals surface area contributed by atoms with E-state index in [9.17, 15) is 13.2 Å². The van der Waals surface area contributed by atoms with Crippen molar-refractivity contribution in [3.8, 4) is 0 Å². The largest absolute Gasteiger partial charge is 0.379 e. The van der Waals surface area contributed by atoms with E-state index in [0.717, 1.165) is 0 Å². The molecule has 0 radical (unpaired) electrons. The molecule has 3 rings (SSSR count).